The van der Waals surface area contributed by atoms with Gasteiger partial charge in [0.25, 0.3) is 5.91 Å². The molecule has 1 aromatic carbocycles. The summed E-state index contributed by atoms with van der Waals surface area (Å²) < 4.78 is 50.0. The number of hydrogen-bond acceptors (Lipinski definition) is 6. The summed E-state index contributed by atoms with van der Waals surface area (Å²) in [6.45, 7) is 6.29. The van der Waals surface area contributed by atoms with Gasteiger partial charge in [-0.15, -0.1) is 0 Å². The van der Waals surface area contributed by atoms with Crippen LogP contribution in [-0.4, -0.2) is 62.3 Å². The average Bonchev–Trinajstić information content (AvgIpc) is 3.03. The molecule has 1 N–H and O–H groups in total. The zero-order valence-corrected chi connectivity index (χ0v) is 18.5. The van der Waals surface area contributed by atoms with Gasteiger partial charge in [0.2, 0.25) is 0 Å². The maximum atomic E-state index is 14.9. The van der Waals surface area contributed by atoms with E-state index in [2.05, 4.69) is 0 Å². The molecule has 2 aliphatic heterocycles. The van der Waals surface area contributed by atoms with E-state index in [1.54, 1.807) is 12.1 Å². The minimum absolute atomic E-state index is 0.00737. The smallest absolute Gasteiger partial charge is 0.414 e. The highest BCUT2D eigenvalue weighted by Crippen LogP contribution is 2.53. The molecule has 2 saturated heterocycles. The Morgan fingerprint density at radius 3 is 2.45 bits per heavy atom. The predicted molar refractivity (Wildman–Crippen MR) is 112 cm³/mol. The summed E-state index contributed by atoms with van der Waals surface area (Å²) in [6, 6.07) is 4.36. The van der Waals surface area contributed by atoms with Gasteiger partial charge in [-0.25, -0.2) is 9.18 Å². The molecule has 3 atom stereocenters. The number of cyclic esters (lactones) is 1. The molecule has 3 unspecified atom stereocenters. The predicted octanol–water partition coefficient (Wildman–Crippen LogP) is 2.56. The Kier molecular flexibility index (Phi) is 5.92. The maximum absolute atomic E-state index is 14.9. The van der Waals surface area contributed by atoms with Gasteiger partial charge in [0.1, 0.15) is 17.5 Å². The number of piperidine rings is 1. The van der Waals surface area contributed by atoms with Crippen LogP contribution >= 0.6 is 0 Å². The molecular formula is C22H26F3N3O5. The molecule has 2 heterocycles. The molecule has 33 heavy (non-hydrogen) atoms. The summed E-state index contributed by atoms with van der Waals surface area (Å²) in [4.78, 5) is 38.5. The zero-order chi connectivity index (χ0) is 24.1. The van der Waals surface area contributed by atoms with Gasteiger partial charge in [-0.2, -0.15) is 8.78 Å². The van der Waals surface area contributed by atoms with Gasteiger partial charge >= 0.3 is 18.5 Å². The number of halogens is 3. The highest BCUT2D eigenvalue weighted by atomic mass is 19.3. The van der Waals surface area contributed by atoms with Crippen molar-refractivity contribution in [1.82, 2.24) is 5.32 Å². The van der Waals surface area contributed by atoms with E-state index in [-0.39, 0.29) is 42.5 Å². The van der Waals surface area contributed by atoms with Crippen LogP contribution in [-0.2, 0) is 19.1 Å². The van der Waals surface area contributed by atoms with Crippen molar-refractivity contribution >= 4 is 29.3 Å². The van der Waals surface area contributed by atoms with Crippen LogP contribution < -0.4 is 15.1 Å². The van der Waals surface area contributed by atoms with E-state index in [0.29, 0.717) is 18.8 Å². The molecule has 3 fully saturated rings. The molecule has 0 bridgehead atoms. The number of carbonyl (C=O) groups excluding carboxylic acids is 3. The molecule has 0 spiro atoms. The first kappa shape index (κ1) is 23.2. The van der Waals surface area contributed by atoms with Crippen molar-refractivity contribution in [3.63, 3.8) is 0 Å². The van der Waals surface area contributed by atoms with Gasteiger partial charge in [0, 0.05) is 13.1 Å². The number of fused-ring (bicyclic) bond motifs is 1. The molecule has 2 amide bonds. The van der Waals surface area contributed by atoms with Gasteiger partial charge in [-0.3, -0.25) is 14.5 Å². The first-order valence-electron chi connectivity index (χ1n) is 10.8. The Bertz CT molecular complexity index is 955. The highest BCUT2D eigenvalue weighted by molar-refractivity contribution is 5.90. The number of nitrogens with zero attached hydrogens (tertiary/aromatic N) is 2. The van der Waals surface area contributed by atoms with Crippen LogP contribution in [0.2, 0.25) is 0 Å². The number of amides is 2. The molecule has 1 aliphatic carbocycles. The molecule has 1 aromatic rings. The number of anilines is 2. The summed E-state index contributed by atoms with van der Waals surface area (Å²) in [5.41, 5.74) is 0.0990. The first-order chi connectivity index (χ1) is 15.4. The monoisotopic (exact) mass is 469 g/mol. The zero-order valence-electron chi connectivity index (χ0n) is 18.5. The minimum atomic E-state index is -3.16. The Morgan fingerprint density at radius 2 is 1.88 bits per heavy atom. The Morgan fingerprint density at radius 1 is 1.21 bits per heavy atom. The molecular weight excluding hydrogens is 443 g/mol. The maximum Gasteiger partial charge on any atom is 0.414 e. The lowest BCUT2D eigenvalue weighted by Crippen LogP contribution is -2.37. The Hall–Kier alpha value is -2.98. The number of carbonyl (C=O) groups is 3. The van der Waals surface area contributed by atoms with E-state index in [9.17, 15) is 27.6 Å². The van der Waals surface area contributed by atoms with Gasteiger partial charge < -0.3 is 19.7 Å². The van der Waals surface area contributed by atoms with Crippen molar-refractivity contribution < 1.29 is 37.0 Å². The van der Waals surface area contributed by atoms with Gasteiger partial charge in [-0.1, -0.05) is 0 Å². The van der Waals surface area contributed by atoms with Gasteiger partial charge in [0.15, 0.2) is 0 Å². The molecule has 1 saturated carbocycles. The number of benzene rings is 1. The fraction of sp³-hybridized carbons (Fsp3) is 0.591. The van der Waals surface area contributed by atoms with Crippen molar-refractivity contribution in [3.05, 3.63) is 24.0 Å². The van der Waals surface area contributed by atoms with Crippen LogP contribution in [0.4, 0.5) is 29.3 Å². The van der Waals surface area contributed by atoms with E-state index in [1.807, 2.05) is 31.0 Å². The van der Waals surface area contributed by atoms with E-state index in [1.165, 1.54) is 11.0 Å². The standard InChI is InChI=1S/C22H26F3N3O5/c1-22(2,3)33-20(30)17-13-9-27(10-14(13)17)16-5-4-11(6-15(16)23)28-8-12(32-21(28)31)7-26-19(29)18(24)25/h4-6,12-14,17-18H,7-10H2,1-3H3,(H,26,29). The second kappa shape index (κ2) is 8.42. The Labute approximate surface area is 189 Å². The summed E-state index contributed by atoms with van der Waals surface area (Å²) in [5.74, 6) is -2.06. The average molecular weight is 469 g/mol. The SMILES string of the molecule is CC(C)(C)OC(=O)C1C2CN(c3ccc(N4CC(CNC(=O)C(F)F)OC4=O)cc3F)CC21. The quantitative estimate of drug-likeness (QED) is 0.645. The van der Waals surface area contributed by atoms with E-state index in [0.717, 1.165) is 0 Å². The number of alkyl halides is 2. The summed E-state index contributed by atoms with van der Waals surface area (Å²) in [5, 5.41) is 2.00. The molecule has 180 valence electrons. The molecule has 4 rings (SSSR count). The van der Waals surface area contributed by atoms with Crippen LogP contribution in [0.3, 0.4) is 0 Å². The molecule has 0 aromatic heterocycles. The largest absolute Gasteiger partial charge is 0.460 e. The second-order valence-corrected chi connectivity index (χ2v) is 9.59. The third-order valence-corrected chi connectivity index (χ3v) is 6.03. The highest BCUT2D eigenvalue weighted by Gasteiger charge is 2.61. The molecule has 3 aliphatic rings. The molecule has 11 heteroatoms. The van der Waals surface area contributed by atoms with Crippen LogP contribution in [0.25, 0.3) is 0 Å². The van der Waals surface area contributed by atoms with E-state index in [4.69, 9.17) is 9.47 Å². The van der Waals surface area contributed by atoms with Crippen molar-refractivity contribution in [2.75, 3.05) is 36.0 Å². The Balaban J connectivity index is 1.34. The topological polar surface area (TPSA) is 88.2 Å². The third kappa shape index (κ3) is 4.86. The van der Waals surface area contributed by atoms with Crippen molar-refractivity contribution in [2.45, 2.75) is 38.9 Å². The van der Waals surface area contributed by atoms with Crippen LogP contribution in [0, 0.1) is 23.6 Å². The fourth-order valence-electron chi connectivity index (χ4n) is 4.49. The number of esters is 1. The third-order valence-electron chi connectivity index (χ3n) is 6.03. The van der Waals surface area contributed by atoms with Crippen molar-refractivity contribution in [1.29, 1.82) is 0 Å². The summed E-state index contributed by atoms with van der Waals surface area (Å²) >= 11 is 0. The van der Waals surface area contributed by atoms with Crippen LogP contribution in [0.1, 0.15) is 20.8 Å². The lowest BCUT2D eigenvalue weighted by atomic mass is 10.1. The minimum Gasteiger partial charge on any atom is -0.460 e. The van der Waals surface area contributed by atoms with Crippen molar-refractivity contribution in [2.24, 2.45) is 17.8 Å². The van der Waals surface area contributed by atoms with E-state index < -0.39 is 35.9 Å². The summed E-state index contributed by atoms with van der Waals surface area (Å²) in [7, 11) is 0. The lowest BCUT2D eigenvalue weighted by molar-refractivity contribution is -0.157. The molecule has 8 nitrogen and oxygen atoms in total. The van der Waals surface area contributed by atoms with Gasteiger partial charge in [-0.05, 0) is 50.8 Å². The summed E-state index contributed by atoms with van der Waals surface area (Å²) in [6.07, 6.45) is -4.73. The lowest BCUT2D eigenvalue weighted by Gasteiger charge is -2.25. The second-order valence-electron chi connectivity index (χ2n) is 9.59. The number of nitrogens with one attached hydrogen (secondary N) is 1. The number of rotatable bonds is 6. The van der Waals surface area contributed by atoms with Gasteiger partial charge in [0.05, 0.1) is 30.4 Å². The number of ether oxygens (including phenoxy) is 2. The molecule has 0 radical (unpaired) electrons. The fourth-order valence-corrected chi connectivity index (χ4v) is 4.49. The number of hydrogen-bond donors (Lipinski definition) is 1. The first-order valence-corrected chi connectivity index (χ1v) is 10.8. The van der Waals surface area contributed by atoms with Crippen LogP contribution in [0.15, 0.2) is 18.2 Å². The van der Waals surface area contributed by atoms with Crippen LogP contribution in [0.5, 0.6) is 0 Å². The van der Waals surface area contributed by atoms with E-state index >= 15 is 0 Å². The van der Waals surface area contributed by atoms with Crippen molar-refractivity contribution in [3.8, 4) is 0 Å². The normalized spacial score (nSPS) is 26.3.